The standard InChI is InChI=1S/C16H18BrN3O2S/c1-11-4-3-7-20(9-11)14(21)10-23-16-19-18-15(22-16)12-5-2-6-13(17)8-12/h2,5-6,8,11H,3-4,7,9-10H2,1H3/t11-/m0/s1. The molecule has 0 unspecified atom stereocenters. The van der Waals surface area contributed by atoms with Gasteiger partial charge in [0.25, 0.3) is 5.22 Å². The number of aromatic nitrogens is 2. The first-order valence-electron chi connectivity index (χ1n) is 7.62. The van der Waals surface area contributed by atoms with Crippen molar-refractivity contribution in [3.63, 3.8) is 0 Å². The van der Waals surface area contributed by atoms with Gasteiger partial charge in [0.1, 0.15) is 0 Å². The van der Waals surface area contributed by atoms with Crippen molar-refractivity contribution < 1.29 is 9.21 Å². The molecule has 5 nitrogen and oxygen atoms in total. The van der Waals surface area contributed by atoms with E-state index in [1.807, 2.05) is 29.2 Å². The van der Waals surface area contributed by atoms with Gasteiger partial charge in [0, 0.05) is 23.1 Å². The third kappa shape index (κ3) is 4.35. The molecule has 1 aliphatic rings. The van der Waals surface area contributed by atoms with Crippen LogP contribution in [-0.4, -0.2) is 39.8 Å². The van der Waals surface area contributed by atoms with E-state index in [-0.39, 0.29) is 5.91 Å². The second kappa shape index (κ2) is 7.49. The third-order valence-corrected chi connectivity index (χ3v) is 5.10. The highest BCUT2D eigenvalue weighted by atomic mass is 79.9. The molecule has 3 rings (SSSR count). The molecule has 2 heterocycles. The van der Waals surface area contributed by atoms with Crippen LogP contribution < -0.4 is 0 Å². The molecule has 1 fully saturated rings. The van der Waals surface area contributed by atoms with Gasteiger partial charge < -0.3 is 9.32 Å². The van der Waals surface area contributed by atoms with E-state index < -0.39 is 0 Å². The summed E-state index contributed by atoms with van der Waals surface area (Å²) in [5.41, 5.74) is 0.856. The first kappa shape index (κ1) is 16.5. The molecule has 1 aliphatic heterocycles. The lowest BCUT2D eigenvalue weighted by molar-refractivity contribution is -0.130. The maximum Gasteiger partial charge on any atom is 0.277 e. The van der Waals surface area contributed by atoms with Crippen LogP contribution in [0.4, 0.5) is 0 Å². The Kier molecular flexibility index (Phi) is 5.38. The van der Waals surface area contributed by atoms with Crippen molar-refractivity contribution >= 4 is 33.6 Å². The molecule has 23 heavy (non-hydrogen) atoms. The number of hydrogen-bond acceptors (Lipinski definition) is 5. The van der Waals surface area contributed by atoms with Gasteiger partial charge in [0.05, 0.1) is 5.75 Å². The predicted octanol–water partition coefficient (Wildman–Crippen LogP) is 3.85. The SMILES string of the molecule is C[C@H]1CCCN(C(=O)CSc2nnc(-c3cccc(Br)c3)o2)C1. The molecule has 0 saturated carbocycles. The number of thioether (sulfide) groups is 1. The minimum absolute atomic E-state index is 0.142. The van der Waals surface area contributed by atoms with Crippen molar-refractivity contribution in [3.8, 4) is 11.5 Å². The lowest BCUT2D eigenvalue weighted by atomic mass is 10.0. The quantitative estimate of drug-likeness (QED) is 0.735. The van der Waals surface area contributed by atoms with E-state index in [0.29, 0.717) is 22.8 Å². The zero-order valence-electron chi connectivity index (χ0n) is 12.9. The summed E-state index contributed by atoms with van der Waals surface area (Å²) >= 11 is 4.72. The summed E-state index contributed by atoms with van der Waals surface area (Å²) in [6, 6.07) is 7.68. The Balaban J connectivity index is 1.58. The molecule has 1 aromatic heterocycles. The first-order chi connectivity index (χ1) is 11.1. The lowest BCUT2D eigenvalue weighted by Gasteiger charge is -2.30. The van der Waals surface area contributed by atoms with Crippen LogP contribution in [0.3, 0.4) is 0 Å². The van der Waals surface area contributed by atoms with Crippen molar-refractivity contribution in [1.29, 1.82) is 0 Å². The maximum absolute atomic E-state index is 12.2. The molecule has 0 radical (unpaired) electrons. The molecule has 2 aromatic rings. The largest absolute Gasteiger partial charge is 0.411 e. The summed E-state index contributed by atoms with van der Waals surface area (Å²) < 4.78 is 6.59. The highest BCUT2D eigenvalue weighted by molar-refractivity contribution is 9.10. The molecule has 0 spiro atoms. The first-order valence-corrected chi connectivity index (χ1v) is 9.39. The average molecular weight is 396 g/mol. The van der Waals surface area contributed by atoms with Crippen LogP contribution in [0.5, 0.6) is 0 Å². The lowest BCUT2D eigenvalue weighted by Crippen LogP contribution is -2.40. The van der Waals surface area contributed by atoms with Crippen molar-refractivity contribution in [3.05, 3.63) is 28.7 Å². The normalized spacial score (nSPS) is 18.2. The molecular formula is C16H18BrN3O2S. The molecule has 1 amide bonds. The second-order valence-electron chi connectivity index (χ2n) is 5.76. The fourth-order valence-corrected chi connectivity index (χ4v) is 3.70. The van der Waals surface area contributed by atoms with Crippen LogP contribution in [0.25, 0.3) is 11.5 Å². The Morgan fingerprint density at radius 3 is 3.13 bits per heavy atom. The zero-order chi connectivity index (χ0) is 16.2. The average Bonchev–Trinajstić information content (AvgIpc) is 3.01. The van der Waals surface area contributed by atoms with Crippen LogP contribution in [-0.2, 0) is 4.79 Å². The van der Waals surface area contributed by atoms with Crippen LogP contribution in [0, 0.1) is 5.92 Å². The Bertz CT molecular complexity index is 691. The highest BCUT2D eigenvalue weighted by Gasteiger charge is 2.21. The number of carbonyl (C=O) groups excluding carboxylic acids is 1. The number of nitrogens with zero attached hydrogens (tertiary/aromatic N) is 3. The van der Waals surface area contributed by atoms with Gasteiger partial charge in [-0.25, -0.2) is 0 Å². The summed E-state index contributed by atoms with van der Waals surface area (Å²) in [7, 11) is 0. The van der Waals surface area contributed by atoms with Gasteiger partial charge in [0.2, 0.25) is 11.8 Å². The van der Waals surface area contributed by atoms with Crippen LogP contribution in [0.1, 0.15) is 19.8 Å². The van der Waals surface area contributed by atoms with Gasteiger partial charge in [-0.15, -0.1) is 10.2 Å². The van der Waals surface area contributed by atoms with E-state index in [0.717, 1.165) is 29.5 Å². The van der Waals surface area contributed by atoms with Gasteiger partial charge in [-0.3, -0.25) is 4.79 Å². The Morgan fingerprint density at radius 1 is 1.48 bits per heavy atom. The van der Waals surface area contributed by atoms with Crippen LogP contribution in [0.2, 0.25) is 0 Å². The minimum atomic E-state index is 0.142. The van der Waals surface area contributed by atoms with Crippen LogP contribution in [0.15, 0.2) is 38.4 Å². The Labute approximate surface area is 148 Å². The number of piperidine rings is 1. The number of amides is 1. The number of carbonyl (C=O) groups is 1. The molecule has 0 aliphatic carbocycles. The fraction of sp³-hybridized carbons (Fsp3) is 0.438. The summed E-state index contributed by atoms with van der Waals surface area (Å²) in [5, 5.41) is 8.49. The van der Waals surface area contributed by atoms with E-state index in [4.69, 9.17) is 4.42 Å². The van der Waals surface area contributed by atoms with E-state index in [1.54, 1.807) is 0 Å². The third-order valence-electron chi connectivity index (χ3n) is 3.81. The minimum Gasteiger partial charge on any atom is -0.411 e. The molecule has 1 saturated heterocycles. The van der Waals surface area contributed by atoms with E-state index in [1.165, 1.54) is 18.2 Å². The van der Waals surface area contributed by atoms with Crippen molar-refractivity contribution in [2.45, 2.75) is 25.0 Å². The Hall–Kier alpha value is -1.34. The van der Waals surface area contributed by atoms with Gasteiger partial charge >= 0.3 is 0 Å². The summed E-state index contributed by atoms with van der Waals surface area (Å²) in [6.45, 7) is 3.90. The number of halogens is 1. The highest BCUT2D eigenvalue weighted by Crippen LogP contribution is 2.26. The van der Waals surface area contributed by atoms with Crippen molar-refractivity contribution in [1.82, 2.24) is 15.1 Å². The number of hydrogen-bond donors (Lipinski definition) is 0. The summed E-state index contributed by atoms with van der Waals surface area (Å²) in [5.74, 6) is 1.54. The molecule has 7 heteroatoms. The smallest absolute Gasteiger partial charge is 0.277 e. The summed E-state index contributed by atoms with van der Waals surface area (Å²) in [4.78, 5) is 14.2. The number of rotatable bonds is 4. The van der Waals surface area contributed by atoms with E-state index in [2.05, 4.69) is 33.1 Å². The monoisotopic (exact) mass is 395 g/mol. The predicted molar refractivity (Wildman–Crippen MR) is 93.1 cm³/mol. The molecular weight excluding hydrogens is 378 g/mol. The van der Waals surface area contributed by atoms with Crippen molar-refractivity contribution in [2.24, 2.45) is 5.92 Å². The fourth-order valence-electron chi connectivity index (χ4n) is 2.64. The summed E-state index contributed by atoms with van der Waals surface area (Å²) in [6.07, 6.45) is 2.29. The van der Waals surface area contributed by atoms with Gasteiger partial charge in [-0.1, -0.05) is 40.7 Å². The van der Waals surface area contributed by atoms with E-state index in [9.17, 15) is 4.79 Å². The second-order valence-corrected chi connectivity index (χ2v) is 7.60. The molecule has 0 bridgehead atoms. The maximum atomic E-state index is 12.2. The van der Waals surface area contributed by atoms with Gasteiger partial charge in [-0.05, 0) is 37.0 Å². The molecule has 122 valence electrons. The molecule has 1 aromatic carbocycles. The Morgan fingerprint density at radius 2 is 2.35 bits per heavy atom. The topological polar surface area (TPSA) is 59.2 Å². The van der Waals surface area contributed by atoms with E-state index >= 15 is 0 Å². The molecule has 0 N–H and O–H groups in total. The molecule has 1 atom stereocenters. The number of benzene rings is 1. The zero-order valence-corrected chi connectivity index (χ0v) is 15.3. The number of likely N-dealkylation sites (tertiary alicyclic amines) is 1. The van der Waals surface area contributed by atoms with Crippen molar-refractivity contribution in [2.75, 3.05) is 18.8 Å². The van der Waals surface area contributed by atoms with Crippen LogP contribution >= 0.6 is 27.7 Å². The van der Waals surface area contributed by atoms with Gasteiger partial charge in [-0.2, -0.15) is 0 Å². The van der Waals surface area contributed by atoms with Gasteiger partial charge in [0.15, 0.2) is 0 Å².